The van der Waals surface area contributed by atoms with Crippen LogP contribution in [-0.4, -0.2) is 34.6 Å². The number of nitrogens with one attached hydrogen (secondary N) is 2. The van der Waals surface area contributed by atoms with Crippen molar-refractivity contribution >= 4 is 11.7 Å². The number of carbonyl (C=O) groups is 1. The second-order valence-corrected chi connectivity index (χ2v) is 8.50. The van der Waals surface area contributed by atoms with Gasteiger partial charge in [0.25, 0.3) is 5.56 Å². The Morgan fingerprint density at radius 1 is 1.16 bits per heavy atom. The Labute approximate surface area is 147 Å². The number of H-pyrrole nitrogens is 1. The van der Waals surface area contributed by atoms with Gasteiger partial charge in [0, 0.05) is 38.2 Å². The maximum absolute atomic E-state index is 12.6. The molecule has 0 spiro atoms. The molecule has 1 aromatic rings. The van der Waals surface area contributed by atoms with Crippen LogP contribution < -0.4 is 21.5 Å². The summed E-state index contributed by atoms with van der Waals surface area (Å²) in [6.07, 6.45) is 1.60. The molecule has 1 saturated carbocycles. The van der Waals surface area contributed by atoms with Crippen LogP contribution in [0.15, 0.2) is 15.7 Å². The lowest BCUT2D eigenvalue weighted by Crippen LogP contribution is -2.46. The second kappa shape index (κ2) is 5.75. The predicted octanol–water partition coefficient (Wildman–Crippen LogP) is 0.841. The van der Waals surface area contributed by atoms with Gasteiger partial charge in [-0.1, -0.05) is 27.7 Å². The largest absolute Gasteiger partial charge is 0.358 e. The van der Waals surface area contributed by atoms with E-state index in [-0.39, 0.29) is 34.3 Å². The lowest BCUT2D eigenvalue weighted by atomic mass is 10.0. The molecule has 2 fully saturated rings. The highest BCUT2D eigenvalue weighted by atomic mass is 16.2. The first kappa shape index (κ1) is 17.8. The Morgan fingerprint density at radius 2 is 1.72 bits per heavy atom. The van der Waals surface area contributed by atoms with Crippen LogP contribution in [0.1, 0.15) is 40.5 Å². The summed E-state index contributed by atoms with van der Waals surface area (Å²) in [4.78, 5) is 40.8. The Kier molecular flexibility index (Phi) is 4.08. The van der Waals surface area contributed by atoms with Crippen molar-refractivity contribution in [2.75, 3.05) is 18.0 Å². The van der Waals surface area contributed by atoms with Gasteiger partial charge in [0.2, 0.25) is 5.91 Å². The standard InChI is InChI=1S/C18H28N4O3/c1-17(2)14(18(17,3)4)15(24)19-11-6-8-22(9-7-11)12-10-13(23)21(5)16(25)20-12/h10-11,14H,6-9H2,1-5H3,(H,19,24)(H,20,25). The van der Waals surface area contributed by atoms with Gasteiger partial charge in [0.1, 0.15) is 5.82 Å². The SMILES string of the molecule is Cn1c(=O)cc(N2CCC(NC(=O)C3C(C)(C)C3(C)C)CC2)[nH]c1=O. The van der Waals surface area contributed by atoms with Gasteiger partial charge in [-0.2, -0.15) is 0 Å². The molecule has 7 heteroatoms. The fraction of sp³-hybridized carbons (Fsp3) is 0.722. The highest BCUT2D eigenvalue weighted by Gasteiger charge is 2.68. The van der Waals surface area contributed by atoms with Crippen molar-refractivity contribution in [2.45, 2.75) is 46.6 Å². The summed E-state index contributed by atoms with van der Waals surface area (Å²) in [5.74, 6) is 0.768. The summed E-state index contributed by atoms with van der Waals surface area (Å²) in [5, 5.41) is 3.19. The van der Waals surface area contributed by atoms with Gasteiger partial charge in [-0.25, -0.2) is 4.79 Å². The van der Waals surface area contributed by atoms with E-state index in [9.17, 15) is 14.4 Å². The maximum Gasteiger partial charge on any atom is 0.329 e. The Morgan fingerprint density at radius 3 is 2.20 bits per heavy atom. The van der Waals surface area contributed by atoms with E-state index in [1.165, 1.54) is 13.1 Å². The first-order valence-electron chi connectivity index (χ1n) is 8.91. The number of hydrogen-bond acceptors (Lipinski definition) is 4. The molecule has 25 heavy (non-hydrogen) atoms. The van der Waals surface area contributed by atoms with Gasteiger partial charge in [-0.3, -0.25) is 19.1 Å². The molecule has 138 valence electrons. The smallest absolute Gasteiger partial charge is 0.329 e. The molecule has 3 rings (SSSR count). The van der Waals surface area contributed by atoms with Crippen LogP contribution in [0, 0.1) is 16.7 Å². The third-order valence-electron chi connectivity index (χ3n) is 6.60. The number of rotatable bonds is 3. The Hall–Kier alpha value is -2.05. The van der Waals surface area contributed by atoms with Crippen molar-refractivity contribution < 1.29 is 4.79 Å². The summed E-state index contributed by atoms with van der Waals surface area (Å²) >= 11 is 0. The molecule has 2 heterocycles. The zero-order valence-electron chi connectivity index (χ0n) is 15.7. The van der Waals surface area contributed by atoms with E-state index in [4.69, 9.17) is 0 Å². The van der Waals surface area contributed by atoms with E-state index < -0.39 is 5.69 Å². The fourth-order valence-corrected chi connectivity index (χ4v) is 4.11. The number of amides is 1. The van der Waals surface area contributed by atoms with Crippen LogP contribution in [-0.2, 0) is 11.8 Å². The predicted molar refractivity (Wildman–Crippen MR) is 96.7 cm³/mol. The van der Waals surface area contributed by atoms with Crippen LogP contribution in [0.5, 0.6) is 0 Å². The molecular formula is C18H28N4O3. The molecular weight excluding hydrogens is 320 g/mol. The highest BCUT2D eigenvalue weighted by molar-refractivity contribution is 5.84. The molecule has 1 aliphatic heterocycles. The quantitative estimate of drug-likeness (QED) is 0.847. The van der Waals surface area contributed by atoms with Gasteiger partial charge in [-0.15, -0.1) is 0 Å². The first-order chi connectivity index (χ1) is 11.6. The van der Waals surface area contributed by atoms with Crippen LogP contribution in [0.3, 0.4) is 0 Å². The van der Waals surface area contributed by atoms with E-state index in [2.05, 4.69) is 38.0 Å². The van der Waals surface area contributed by atoms with Crippen LogP contribution in [0.2, 0.25) is 0 Å². The minimum atomic E-state index is -0.406. The average Bonchev–Trinajstić information content (AvgIpc) is 2.94. The summed E-state index contributed by atoms with van der Waals surface area (Å²) in [6, 6.07) is 1.60. The first-order valence-corrected chi connectivity index (χ1v) is 8.91. The van der Waals surface area contributed by atoms with Crippen LogP contribution >= 0.6 is 0 Å². The van der Waals surface area contributed by atoms with Crippen molar-refractivity contribution in [3.05, 3.63) is 26.9 Å². The summed E-state index contributed by atoms with van der Waals surface area (Å²) < 4.78 is 1.05. The van der Waals surface area contributed by atoms with E-state index in [1.807, 2.05) is 4.90 Å². The number of nitrogens with zero attached hydrogens (tertiary/aromatic N) is 2. The van der Waals surface area contributed by atoms with Crippen LogP contribution in [0.25, 0.3) is 0 Å². The van der Waals surface area contributed by atoms with E-state index in [1.54, 1.807) is 0 Å². The molecule has 0 radical (unpaired) electrons. The molecule has 0 unspecified atom stereocenters. The fourth-order valence-electron chi connectivity index (χ4n) is 4.11. The number of carbonyl (C=O) groups excluding carboxylic acids is 1. The normalized spacial score (nSPS) is 22.7. The maximum atomic E-state index is 12.6. The minimum absolute atomic E-state index is 0.0430. The van der Waals surface area contributed by atoms with Crippen molar-refractivity contribution in [3.63, 3.8) is 0 Å². The van der Waals surface area contributed by atoms with Crippen LogP contribution in [0.4, 0.5) is 5.82 Å². The summed E-state index contributed by atoms with van der Waals surface area (Å²) in [5.41, 5.74) is -0.633. The zero-order valence-corrected chi connectivity index (χ0v) is 15.7. The van der Waals surface area contributed by atoms with E-state index >= 15 is 0 Å². The van der Waals surface area contributed by atoms with Crippen molar-refractivity contribution in [1.29, 1.82) is 0 Å². The van der Waals surface area contributed by atoms with Gasteiger partial charge in [-0.05, 0) is 23.7 Å². The molecule has 1 saturated heterocycles. The summed E-state index contributed by atoms with van der Waals surface area (Å²) in [7, 11) is 1.45. The van der Waals surface area contributed by atoms with Crippen molar-refractivity contribution in [1.82, 2.24) is 14.9 Å². The zero-order chi connectivity index (χ0) is 18.6. The van der Waals surface area contributed by atoms with Gasteiger partial charge in [0.15, 0.2) is 0 Å². The monoisotopic (exact) mass is 348 g/mol. The second-order valence-electron chi connectivity index (χ2n) is 8.50. The third kappa shape index (κ3) is 2.89. The number of aromatic amines is 1. The van der Waals surface area contributed by atoms with E-state index in [0.717, 1.165) is 17.4 Å². The minimum Gasteiger partial charge on any atom is -0.358 e. The number of aromatic nitrogens is 2. The molecule has 2 N–H and O–H groups in total. The van der Waals surface area contributed by atoms with Gasteiger partial charge < -0.3 is 10.2 Å². The summed E-state index contributed by atoms with van der Waals surface area (Å²) in [6.45, 7) is 9.98. The third-order valence-corrected chi connectivity index (χ3v) is 6.60. The molecule has 7 nitrogen and oxygen atoms in total. The van der Waals surface area contributed by atoms with Crippen molar-refractivity contribution in [2.24, 2.45) is 23.8 Å². The number of hydrogen-bond donors (Lipinski definition) is 2. The highest BCUT2D eigenvalue weighted by Crippen LogP contribution is 2.68. The number of piperidine rings is 1. The molecule has 1 aromatic heterocycles. The Balaban J connectivity index is 1.59. The lowest BCUT2D eigenvalue weighted by Gasteiger charge is -2.33. The molecule has 0 atom stereocenters. The Bertz CT molecular complexity index is 752. The lowest BCUT2D eigenvalue weighted by molar-refractivity contribution is -0.124. The molecule has 1 aliphatic carbocycles. The van der Waals surface area contributed by atoms with Crippen molar-refractivity contribution in [3.8, 4) is 0 Å². The number of anilines is 1. The topological polar surface area (TPSA) is 87.2 Å². The molecule has 0 aromatic carbocycles. The molecule has 0 bridgehead atoms. The van der Waals surface area contributed by atoms with Gasteiger partial charge in [0.05, 0.1) is 0 Å². The van der Waals surface area contributed by atoms with E-state index in [0.29, 0.717) is 18.9 Å². The average molecular weight is 348 g/mol. The molecule has 2 aliphatic rings. The van der Waals surface area contributed by atoms with Gasteiger partial charge >= 0.3 is 5.69 Å². The molecule has 1 amide bonds.